The summed E-state index contributed by atoms with van der Waals surface area (Å²) in [4.78, 5) is 14.0. The molecule has 1 heterocycles. The molecule has 5 nitrogen and oxygen atoms in total. The van der Waals surface area contributed by atoms with Gasteiger partial charge < -0.3 is 10.2 Å². The average Bonchev–Trinajstić information content (AvgIpc) is 2.83. The number of carbonyl (C=O) groups is 1. The van der Waals surface area contributed by atoms with E-state index < -0.39 is 0 Å². The first-order chi connectivity index (χ1) is 8.12. The monoisotopic (exact) mass is 256 g/mol. The summed E-state index contributed by atoms with van der Waals surface area (Å²) >= 11 is 1.29. The van der Waals surface area contributed by atoms with Crippen LogP contribution in [0.15, 0.2) is 0 Å². The van der Waals surface area contributed by atoms with Crippen LogP contribution in [0.25, 0.3) is 0 Å². The van der Waals surface area contributed by atoms with E-state index in [-0.39, 0.29) is 5.91 Å². The molecule has 0 aliphatic rings. The summed E-state index contributed by atoms with van der Waals surface area (Å²) in [6.45, 7) is 7.75. The molecule has 1 amide bonds. The first kappa shape index (κ1) is 13.9. The molecule has 0 spiro atoms. The van der Waals surface area contributed by atoms with Gasteiger partial charge in [0.25, 0.3) is 5.91 Å². The normalized spacial score (nSPS) is 12.2. The second-order valence-corrected chi connectivity index (χ2v) is 5.00. The Morgan fingerprint density at radius 1 is 1.47 bits per heavy atom. The molecule has 1 atom stereocenters. The summed E-state index contributed by atoms with van der Waals surface area (Å²) in [7, 11) is 1.77. The minimum absolute atomic E-state index is 0.0215. The summed E-state index contributed by atoms with van der Waals surface area (Å²) in [5.74, 6) is 0.488. The number of nitrogens with one attached hydrogen (secondary N) is 1. The third-order valence-corrected chi connectivity index (χ3v) is 3.65. The highest BCUT2D eigenvalue weighted by atomic mass is 32.1. The van der Waals surface area contributed by atoms with Crippen molar-refractivity contribution in [3.8, 4) is 0 Å². The maximum Gasteiger partial charge on any atom is 0.284 e. The zero-order valence-corrected chi connectivity index (χ0v) is 11.7. The Morgan fingerprint density at radius 3 is 2.65 bits per heavy atom. The van der Waals surface area contributed by atoms with Gasteiger partial charge in [-0.3, -0.25) is 4.79 Å². The topological polar surface area (TPSA) is 58.1 Å². The highest BCUT2D eigenvalue weighted by Gasteiger charge is 2.20. The van der Waals surface area contributed by atoms with E-state index in [9.17, 15) is 4.79 Å². The second kappa shape index (κ2) is 6.54. The standard InChI is InChI=1S/C11H20N4OS/c1-5-8(3)7-15(6-2)10(16)9-13-14-11(12-4)17-9/h8H,5-7H2,1-4H3,(H,12,14). The molecule has 0 aliphatic heterocycles. The molecule has 1 rings (SSSR count). The van der Waals surface area contributed by atoms with Crippen LogP contribution in [-0.4, -0.2) is 41.1 Å². The van der Waals surface area contributed by atoms with Crippen LogP contribution in [0.1, 0.15) is 37.0 Å². The van der Waals surface area contributed by atoms with E-state index in [2.05, 4.69) is 29.4 Å². The number of hydrogen-bond acceptors (Lipinski definition) is 5. The van der Waals surface area contributed by atoms with Crippen molar-refractivity contribution < 1.29 is 4.79 Å². The predicted octanol–water partition coefficient (Wildman–Crippen LogP) is 2.09. The van der Waals surface area contributed by atoms with Gasteiger partial charge in [-0.15, -0.1) is 10.2 Å². The number of carbonyl (C=O) groups excluding carboxylic acids is 1. The summed E-state index contributed by atoms with van der Waals surface area (Å²) in [5.41, 5.74) is 0. The van der Waals surface area contributed by atoms with E-state index >= 15 is 0 Å². The number of hydrogen-bond donors (Lipinski definition) is 1. The molecule has 0 fully saturated rings. The van der Waals surface area contributed by atoms with E-state index in [1.807, 2.05) is 11.8 Å². The molecular formula is C11H20N4OS. The lowest BCUT2D eigenvalue weighted by Crippen LogP contribution is -2.34. The average molecular weight is 256 g/mol. The van der Waals surface area contributed by atoms with Crippen LogP contribution < -0.4 is 5.32 Å². The highest BCUT2D eigenvalue weighted by Crippen LogP contribution is 2.17. The second-order valence-electron chi connectivity index (χ2n) is 4.02. The SMILES string of the molecule is CCC(C)CN(CC)C(=O)c1nnc(NC)s1. The van der Waals surface area contributed by atoms with Gasteiger partial charge in [0.15, 0.2) is 0 Å². The maximum atomic E-state index is 12.2. The zero-order valence-electron chi connectivity index (χ0n) is 10.9. The summed E-state index contributed by atoms with van der Waals surface area (Å²) in [5, 5.41) is 11.8. The quantitative estimate of drug-likeness (QED) is 0.846. The molecule has 0 bridgehead atoms. The van der Waals surface area contributed by atoms with Crippen LogP contribution in [-0.2, 0) is 0 Å². The van der Waals surface area contributed by atoms with Crippen molar-refractivity contribution in [1.82, 2.24) is 15.1 Å². The summed E-state index contributed by atoms with van der Waals surface area (Å²) in [6.07, 6.45) is 1.07. The molecule has 1 aromatic heterocycles. The number of amides is 1. The highest BCUT2D eigenvalue weighted by molar-refractivity contribution is 7.17. The van der Waals surface area contributed by atoms with Crippen LogP contribution >= 0.6 is 11.3 Å². The molecule has 0 aliphatic carbocycles. The lowest BCUT2D eigenvalue weighted by Gasteiger charge is -2.22. The van der Waals surface area contributed by atoms with Gasteiger partial charge in [0.2, 0.25) is 10.1 Å². The van der Waals surface area contributed by atoms with Crippen LogP contribution in [0.5, 0.6) is 0 Å². The maximum absolute atomic E-state index is 12.2. The van der Waals surface area contributed by atoms with Gasteiger partial charge in [-0.25, -0.2) is 0 Å². The van der Waals surface area contributed by atoms with Crippen molar-refractivity contribution in [1.29, 1.82) is 0 Å². The van der Waals surface area contributed by atoms with E-state index in [1.165, 1.54) is 11.3 Å². The van der Waals surface area contributed by atoms with Crippen LogP contribution in [0.4, 0.5) is 5.13 Å². The minimum Gasteiger partial charge on any atom is -0.363 e. The Hall–Kier alpha value is -1.17. The van der Waals surface area contributed by atoms with E-state index in [4.69, 9.17) is 0 Å². The number of rotatable bonds is 6. The first-order valence-electron chi connectivity index (χ1n) is 5.92. The molecule has 1 aromatic rings. The number of nitrogens with zero attached hydrogens (tertiary/aromatic N) is 3. The largest absolute Gasteiger partial charge is 0.363 e. The van der Waals surface area contributed by atoms with Crippen molar-refractivity contribution >= 4 is 22.4 Å². The minimum atomic E-state index is -0.0215. The molecular weight excluding hydrogens is 236 g/mol. The van der Waals surface area contributed by atoms with Gasteiger partial charge in [0.05, 0.1) is 0 Å². The summed E-state index contributed by atoms with van der Waals surface area (Å²) in [6, 6.07) is 0. The molecule has 1 N–H and O–H groups in total. The Bertz CT molecular complexity index is 366. The molecule has 1 unspecified atom stereocenters. The van der Waals surface area contributed by atoms with Crippen LogP contribution in [0.3, 0.4) is 0 Å². The molecule has 0 radical (unpaired) electrons. The van der Waals surface area contributed by atoms with Gasteiger partial charge >= 0.3 is 0 Å². The van der Waals surface area contributed by atoms with Gasteiger partial charge in [0, 0.05) is 20.1 Å². The zero-order chi connectivity index (χ0) is 12.8. The molecule has 96 valence electrons. The van der Waals surface area contributed by atoms with E-state index in [0.717, 1.165) is 13.0 Å². The summed E-state index contributed by atoms with van der Waals surface area (Å²) < 4.78 is 0. The van der Waals surface area contributed by atoms with Gasteiger partial charge in [0.1, 0.15) is 0 Å². The van der Waals surface area contributed by atoms with E-state index in [0.29, 0.717) is 22.6 Å². The third-order valence-electron chi connectivity index (χ3n) is 2.72. The van der Waals surface area contributed by atoms with Crippen molar-refractivity contribution in [2.24, 2.45) is 5.92 Å². The Balaban J connectivity index is 2.71. The van der Waals surface area contributed by atoms with Gasteiger partial charge in [-0.1, -0.05) is 31.6 Å². The van der Waals surface area contributed by atoms with Crippen molar-refractivity contribution in [2.45, 2.75) is 27.2 Å². The smallest absolute Gasteiger partial charge is 0.284 e. The molecule has 0 saturated heterocycles. The fraction of sp³-hybridized carbons (Fsp3) is 0.727. The van der Waals surface area contributed by atoms with Crippen molar-refractivity contribution in [3.63, 3.8) is 0 Å². The third kappa shape index (κ3) is 3.66. The number of aromatic nitrogens is 2. The molecule has 6 heteroatoms. The van der Waals surface area contributed by atoms with E-state index in [1.54, 1.807) is 7.05 Å². The van der Waals surface area contributed by atoms with Gasteiger partial charge in [-0.05, 0) is 12.8 Å². The van der Waals surface area contributed by atoms with Crippen LogP contribution in [0.2, 0.25) is 0 Å². The molecule has 0 aromatic carbocycles. The van der Waals surface area contributed by atoms with Crippen LogP contribution in [0, 0.1) is 5.92 Å². The Morgan fingerprint density at radius 2 is 2.18 bits per heavy atom. The first-order valence-corrected chi connectivity index (χ1v) is 6.74. The lowest BCUT2D eigenvalue weighted by molar-refractivity contribution is 0.0739. The fourth-order valence-corrected chi connectivity index (χ4v) is 2.07. The van der Waals surface area contributed by atoms with Gasteiger partial charge in [-0.2, -0.15) is 0 Å². The Labute approximate surface area is 106 Å². The molecule has 0 saturated carbocycles. The molecule has 17 heavy (non-hydrogen) atoms. The Kier molecular flexibility index (Phi) is 5.34. The lowest BCUT2D eigenvalue weighted by atomic mass is 10.1. The van der Waals surface area contributed by atoms with Crippen molar-refractivity contribution in [3.05, 3.63) is 5.01 Å². The fourth-order valence-electron chi connectivity index (χ4n) is 1.41. The van der Waals surface area contributed by atoms with Crippen molar-refractivity contribution in [2.75, 3.05) is 25.5 Å². The number of anilines is 1. The predicted molar refractivity (Wildman–Crippen MR) is 70.5 cm³/mol.